The van der Waals surface area contributed by atoms with Crippen molar-refractivity contribution in [3.8, 4) is 16.9 Å². The molecule has 150 valence electrons. The zero-order valence-corrected chi connectivity index (χ0v) is 16.6. The third-order valence-electron chi connectivity index (χ3n) is 4.98. The molecule has 3 rings (SSSR count). The highest BCUT2D eigenvalue weighted by atomic mass is 32.2. The molecule has 0 saturated carbocycles. The Morgan fingerprint density at radius 3 is 2.43 bits per heavy atom. The summed E-state index contributed by atoms with van der Waals surface area (Å²) in [5.41, 5.74) is 2.16. The van der Waals surface area contributed by atoms with E-state index in [1.807, 2.05) is 6.07 Å². The highest BCUT2D eigenvalue weighted by molar-refractivity contribution is 7.89. The molecule has 1 saturated heterocycles. The fourth-order valence-electron chi connectivity index (χ4n) is 3.27. The second-order valence-corrected chi connectivity index (χ2v) is 9.45. The minimum Gasteiger partial charge on any atom is -0.508 e. The summed E-state index contributed by atoms with van der Waals surface area (Å²) in [5, 5.41) is 19.7. The van der Waals surface area contributed by atoms with Crippen molar-refractivity contribution >= 4 is 15.9 Å². The zero-order chi connectivity index (χ0) is 20.5. The second-order valence-electron chi connectivity index (χ2n) is 7.23. The van der Waals surface area contributed by atoms with Crippen molar-refractivity contribution in [3.05, 3.63) is 54.1 Å². The Hall–Kier alpha value is -2.42. The Kier molecular flexibility index (Phi) is 5.74. The van der Waals surface area contributed by atoms with Gasteiger partial charge in [0.2, 0.25) is 10.0 Å². The minimum atomic E-state index is -3.46. The number of aromatic hydroxyl groups is 1. The molecule has 0 aliphatic carbocycles. The average molecular weight is 404 g/mol. The summed E-state index contributed by atoms with van der Waals surface area (Å²) < 4.78 is 25.3. The predicted molar refractivity (Wildman–Crippen MR) is 106 cm³/mol. The van der Waals surface area contributed by atoms with Crippen LogP contribution in [0.4, 0.5) is 0 Å². The summed E-state index contributed by atoms with van der Waals surface area (Å²) in [4.78, 5) is 14.4. The van der Waals surface area contributed by atoms with Crippen molar-refractivity contribution in [2.45, 2.75) is 6.10 Å². The molecule has 2 aromatic rings. The summed E-state index contributed by atoms with van der Waals surface area (Å²) in [7, 11) is -0.554. The Bertz CT molecular complexity index is 957. The number of phenolic OH excluding ortho intramolecular Hbond substituents is 1. The molecule has 0 radical (unpaired) electrons. The first kappa shape index (κ1) is 20.3. The lowest BCUT2D eigenvalue weighted by atomic mass is 10.0. The molecule has 8 heteroatoms. The lowest BCUT2D eigenvalue weighted by Gasteiger charge is -2.18. The van der Waals surface area contributed by atoms with Crippen LogP contribution in [0, 0.1) is 5.92 Å². The van der Waals surface area contributed by atoms with E-state index in [-0.39, 0.29) is 30.5 Å². The number of benzene rings is 2. The molecular weight excluding hydrogens is 380 g/mol. The SMILES string of the molecule is CN(C)S(=O)(=O)C[C@@H]1CN(C(=O)c2cccc(-c3ccc(O)cc3)c2)C[C@@H]1O. The fraction of sp³-hybridized carbons (Fsp3) is 0.350. The maximum atomic E-state index is 12.9. The molecule has 0 aromatic heterocycles. The maximum Gasteiger partial charge on any atom is 0.253 e. The molecule has 2 N–H and O–H groups in total. The van der Waals surface area contributed by atoms with Crippen molar-refractivity contribution in [1.82, 2.24) is 9.21 Å². The van der Waals surface area contributed by atoms with Crippen LogP contribution < -0.4 is 0 Å². The molecule has 0 spiro atoms. The molecule has 0 unspecified atom stereocenters. The molecule has 0 bridgehead atoms. The number of aliphatic hydroxyl groups is 1. The smallest absolute Gasteiger partial charge is 0.253 e. The normalized spacial score (nSPS) is 19.9. The van der Waals surface area contributed by atoms with Crippen LogP contribution in [0.3, 0.4) is 0 Å². The van der Waals surface area contributed by atoms with Crippen LogP contribution in [-0.2, 0) is 10.0 Å². The Morgan fingerprint density at radius 2 is 1.79 bits per heavy atom. The molecule has 1 heterocycles. The van der Waals surface area contributed by atoms with Gasteiger partial charge in [-0.2, -0.15) is 0 Å². The molecule has 1 amide bonds. The van der Waals surface area contributed by atoms with Gasteiger partial charge >= 0.3 is 0 Å². The quantitative estimate of drug-likeness (QED) is 0.785. The maximum absolute atomic E-state index is 12.9. The Balaban J connectivity index is 1.76. The third-order valence-corrected chi connectivity index (χ3v) is 6.95. The molecule has 1 aliphatic rings. The monoisotopic (exact) mass is 404 g/mol. The van der Waals surface area contributed by atoms with E-state index in [4.69, 9.17) is 0 Å². The van der Waals surface area contributed by atoms with Gasteiger partial charge in [-0.05, 0) is 35.4 Å². The van der Waals surface area contributed by atoms with Crippen molar-refractivity contribution in [3.63, 3.8) is 0 Å². The lowest BCUT2D eigenvalue weighted by molar-refractivity contribution is 0.0765. The van der Waals surface area contributed by atoms with Crippen LogP contribution in [0.5, 0.6) is 5.75 Å². The molecule has 7 nitrogen and oxygen atoms in total. The second kappa shape index (κ2) is 7.90. The van der Waals surface area contributed by atoms with Crippen LogP contribution in [0.1, 0.15) is 10.4 Å². The molecule has 2 aromatic carbocycles. The highest BCUT2D eigenvalue weighted by Crippen LogP contribution is 2.25. The van der Waals surface area contributed by atoms with Gasteiger partial charge in [0.05, 0.1) is 11.9 Å². The topological polar surface area (TPSA) is 98.2 Å². The van der Waals surface area contributed by atoms with E-state index in [0.29, 0.717) is 5.56 Å². The number of hydrogen-bond donors (Lipinski definition) is 2. The van der Waals surface area contributed by atoms with Crippen molar-refractivity contribution in [1.29, 1.82) is 0 Å². The number of amides is 1. The fourth-order valence-corrected chi connectivity index (χ4v) is 4.44. The minimum absolute atomic E-state index is 0.107. The molecule has 2 atom stereocenters. The van der Waals surface area contributed by atoms with Crippen LogP contribution in [0.25, 0.3) is 11.1 Å². The van der Waals surface area contributed by atoms with E-state index in [0.717, 1.165) is 15.4 Å². The molecular formula is C20H24N2O5S. The largest absolute Gasteiger partial charge is 0.508 e. The van der Waals surface area contributed by atoms with Crippen LogP contribution in [-0.4, -0.2) is 72.8 Å². The molecule has 1 fully saturated rings. The summed E-state index contributed by atoms with van der Waals surface area (Å²) in [5.74, 6) is -0.791. The number of likely N-dealkylation sites (tertiary alicyclic amines) is 1. The van der Waals surface area contributed by atoms with E-state index in [1.165, 1.54) is 19.0 Å². The van der Waals surface area contributed by atoms with Gasteiger partial charge in [-0.15, -0.1) is 0 Å². The summed E-state index contributed by atoms with van der Waals surface area (Å²) >= 11 is 0. The van der Waals surface area contributed by atoms with Gasteiger partial charge in [-0.25, -0.2) is 12.7 Å². The van der Waals surface area contributed by atoms with Gasteiger partial charge in [0.25, 0.3) is 5.91 Å². The van der Waals surface area contributed by atoms with Crippen LogP contribution in [0.15, 0.2) is 48.5 Å². The zero-order valence-electron chi connectivity index (χ0n) is 15.8. The standard InChI is InChI=1S/C20H24N2O5S/c1-21(2)28(26,27)13-17-11-22(12-19(17)24)20(25)16-5-3-4-15(10-16)14-6-8-18(23)9-7-14/h3-10,17,19,23-24H,11-13H2,1-2H3/t17-,19-/m0/s1. The van der Waals surface area contributed by atoms with Crippen LogP contribution >= 0.6 is 0 Å². The third kappa shape index (κ3) is 4.35. The first-order chi connectivity index (χ1) is 13.2. The number of carbonyl (C=O) groups is 1. The van der Waals surface area contributed by atoms with Gasteiger partial charge in [0, 0.05) is 38.7 Å². The first-order valence-corrected chi connectivity index (χ1v) is 10.6. The van der Waals surface area contributed by atoms with Crippen molar-refractivity contribution in [2.24, 2.45) is 5.92 Å². The van der Waals surface area contributed by atoms with Gasteiger partial charge in [0.15, 0.2) is 0 Å². The molecule has 28 heavy (non-hydrogen) atoms. The van der Waals surface area contributed by atoms with Gasteiger partial charge < -0.3 is 15.1 Å². The Morgan fingerprint density at radius 1 is 1.11 bits per heavy atom. The highest BCUT2D eigenvalue weighted by Gasteiger charge is 2.37. The van der Waals surface area contributed by atoms with E-state index in [9.17, 15) is 23.4 Å². The van der Waals surface area contributed by atoms with Gasteiger partial charge in [0.1, 0.15) is 5.75 Å². The van der Waals surface area contributed by atoms with E-state index in [2.05, 4.69) is 0 Å². The number of sulfonamides is 1. The summed E-state index contributed by atoms with van der Waals surface area (Å²) in [6.45, 7) is 0.298. The number of hydrogen-bond acceptors (Lipinski definition) is 5. The number of aliphatic hydroxyl groups excluding tert-OH is 1. The number of rotatable bonds is 5. The van der Waals surface area contributed by atoms with Gasteiger partial charge in [-0.1, -0.05) is 24.3 Å². The number of phenols is 1. The summed E-state index contributed by atoms with van der Waals surface area (Å²) in [6.07, 6.45) is -0.876. The first-order valence-electron chi connectivity index (χ1n) is 8.94. The Labute approximate surface area is 164 Å². The summed E-state index contributed by atoms with van der Waals surface area (Å²) in [6, 6.07) is 13.8. The average Bonchev–Trinajstić information content (AvgIpc) is 3.01. The predicted octanol–water partition coefficient (Wildman–Crippen LogP) is 1.38. The number of β-amino-alcohol motifs (C(OH)–C–C–N with tert-alkyl or cyclic N) is 1. The molecule has 1 aliphatic heterocycles. The van der Waals surface area contributed by atoms with Crippen LogP contribution in [0.2, 0.25) is 0 Å². The van der Waals surface area contributed by atoms with E-state index < -0.39 is 22.0 Å². The number of carbonyl (C=O) groups excluding carboxylic acids is 1. The number of nitrogens with zero attached hydrogens (tertiary/aromatic N) is 2. The van der Waals surface area contributed by atoms with E-state index >= 15 is 0 Å². The van der Waals surface area contributed by atoms with Crippen molar-refractivity contribution in [2.75, 3.05) is 32.9 Å². The van der Waals surface area contributed by atoms with E-state index in [1.54, 1.807) is 42.5 Å². The van der Waals surface area contributed by atoms with Crippen molar-refractivity contribution < 1.29 is 23.4 Å². The lowest BCUT2D eigenvalue weighted by Crippen LogP contribution is -2.33. The van der Waals surface area contributed by atoms with Gasteiger partial charge in [-0.3, -0.25) is 4.79 Å².